The molecule has 20 heavy (non-hydrogen) atoms. The highest BCUT2D eigenvalue weighted by atomic mass is 19.1. The molecule has 1 aliphatic heterocycles. The van der Waals surface area contributed by atoms with Gasteiger partial charge in [-0.25, -0.2) is 4.39 Å². The Labute approximate surface area is 118 Å². The minimum atomic E-state index is -0.538. The summed E-state index contributed by atoms with van der Waals surface area (Å²) in [7, 11) is 4.10. The van der Waals surface area contributed by atoms with Crippen molar-refractivity contribution in [2.24, 2.45) is 5.92 Å². The van der Waals surface area contributed by atoms with E-state index in [2.05, 4.69) is 4.90 Å². The molecule has 1 aromatic rings. The topological polar surface area (TPSA) is 43.8 Å². The van der Waals surface area contributed by atoms with Gasteiger partial charge in [-0.2, -0.15) is 0 Å². The van der Waals surface area contributed by atoms with E-state index >= 15 is 0 Å². The molecule has 0 bridgehead atoms. The molecule has 1 heterocycles. The molecule has 1 saturated heterocycles. The number of halogens is 1. The van der Waals surface area contributed by atoms with E-state index in [1.54, 1.807) is 4.90 Å². The zero-order valence-electron chi connectivity index (χ0n) is 12.0. The van der Waals surface area contributed by atoms with Crippen LogP contribution in [0, 0.1) is 11.7 Å². The number of aromatic hydroxyl groups is 1. The van der Waals surface area contributed by atoms with Gasteiger partial charge in [0.1, 0.15) is 11.6 Å². The fourth-order valence-corrected chi connectivity index (χ4v) is 2.69. The Morgan fingerprint density at radius 1 is 1.40 bits per heavy atom. The van der Waals surface area contributed by atoms with Gasteiger partial charge in [0.2, 0.25) is 0 Å². The van der Waals surface area contributed by atoms with Gasteiger partial charge in [-0.1, -0.05) is 0 Å². The van der Waals surface area contributed by atoms with Crippen molar-refractivity contribution in [2.75, 3.05) is 33.7 Å². The van der Waals surface area contributed by atoms with Crippen LogP contribution in [0.4, 0.5) is 4.39 Å². The second-order valence-corrected chi connectivity index (χ2v) is 5.66. The molecule has 1 N–H and O–H groups in total. The Balaban J connectivity index is 1.98. The molecular formula is C15H21FN2O2. The van der Waals surface area contributed by atoms with Gasteiger partial charge in [-0.15, -0.1) is 0 Å². The molecular weight excluding hydrogens is 259 g/mol. The van der Waals surface area contributed by atoms with Crippen LogP contribution in [0.2, 0.25) is 0 Å². The number of nitrogens with zero attached hydrogens (tertiary/aromatic N) is 2. The fraction of sp³-hybridized carbons (Fsp3) is 0.533. The number of benzene rings is 1. The van der Waals surface area contributed by atoms with Gasteiger partial charge in [0.05, 0.1) is 5.56 Å². The number of hydrogen-bond donors (Lipinski definition) is 1. The number of phenolic OH excluding ortho intramolecular Hbond substituents is 1. The van der Waals surface area contributed by atoms with Crippen molar-refractivity contribution < 1.29 is 14.3 Å². The first-order valence-electron chi connectivity index (χ1n) is 6.90. The smallest absolute Gasteiger partial charge is 0.257 e. The van der Waals surface area contributed by atoms with Gasteiger partial charge >= 0.3 is 0 Å². The number of carbonyl (C=O) groups excluding carboxylic acids is 1. The summed E-state index contributed by atoms with van der Waals surface area (Å²) in [5.74, 6) is -0.434. The molecule has 0 aromatic heterocycles. The maximum absolute atomic E-state index is 12.9. The third-order valence-electron chi connectivity index (χ3n) is 3.72. The molecule has 5 heteroatoms. The standard InChI is InChI=1S/C15H21FN2O2/c1-17(2)10-11-5-7-18(8-6-11)15(20)13-4-3-12(16)9-14(13)19/h3-4,9,11,19H,5-8,10H2,1-2H3. The zero-order chi connectivity index (χ0) is 14.7. The Morgan fingerprint density at radius 2 is 2.05 bits per heavy atom. The number of likely N-dealkylation sites (tertiary alicyclic amines) is 1. The van der Waals surface area contributed by atoms with Crippen molar-refractivity contribution in [1.29, 1.82) is 0 Å². The number of piperidine rings is 1. The van der Waals surface area contributed by atoms with Gasteiger partial charge in [-0.3, -0.25) is 4.79 Å². The lowest BCUT2D eigenvalue weighted by Crippen LogP contribution is -2.40. The summed E-state index contributed by atoms with van der Waals surface area (Å²) >= 11 is 0. The molecule has 0 aliphatic carbocycles. The summed E-state index contributed by atoms with van der Waals surface area (Å²) in [6.07, 6.45) is 1.93. The molecule has 1 aromatic carbocycles. The predicted octanol–water partition coefficient (Wildman–Crippen LogP) is 1.95. The van der Waals surface area contributed by atoms with Crippen LogP contribution in [0.1, 0.15) is 23.2 Å². The summed E-state index contributed by atoms with van der Waals surface area (Å²) in [6.45, 7) is 2.41. The highest BCUT2D eigenvalue weighted by Gasteiger charge is 2.25. The third kappa shape index (κ3) is 3.48. The lowest BCUT2D eigenvalue weighted by Gasteiger charge is -2.33. The van der Waals surface area contributed by atoms with Crippen molar-refractivity contribution in [2.45, 2.75) is 12.8 Å². The summed E-state index contributed by atoms with van der Waals surface area (Å²) < 4.78 is 12.9. The Kier molecular flexibility index (Phi) is 4.60. The van der Waals surface area contributed by atoms with E-state index < -0.39 is 5.82 Å². The summed E-state index contributed by atoms with van der Waals surface area (Å²) in [5, 5.41) is 9.67. The molecule has 0 spiro atoms. The van der Waals surface area contributed by atoms with Crippen molar-refractivity contribution >= 4 is 5.91 Å². The summed E-state index contributed by atoms with van der Waals surface area (Å²) in [4.78, 5) is 16.2. The second-order valence-electron chi connectivity index (χ2n) is 5.66. The molecule has 1 fully saturated rings. The van der Waals surface area contributed by atoms with Gasteiger partial charge in [0, 0.05) is 25.7 Å². The quantitative estimate of drug-likeness (QED) is 0.920. The lowest BCUT2D eigenvalue weighted by molar-refractivity contribution is 0.0675. The van der Waals surface area contributed by atoms with Crippen LogP contribution in [0.3, 0.4) is 0 Å². The average Bonchev–Trinajstić information content (AvgIpc) is 2.38. The van der Waals surface area contributed by atoms with E-state index in [-0.39, 0.29) is 17.2 Å². The summed E-state index contributed by atoms with van der Waals surface area (Å²) in [6, 6.07) is 3.52. The largest absolute Gasteiger partial charge is 0.507 e. The van der Waals surface area contributed by atoms with Crippen LogP contribution in [-0.2, 0) is 0 Å². The zero-order valence-corrected chi connectivity index (χ0v) is 12.0. The molecule has 4 nitrogen and oxygen atoms in total. The van der Waals surface area contributed by atoms with E-state index in [9.17, 15) is 14.3 Å². The van der Waals surface area contributed by atoms with Crippen LogP contribution < -0.4 is 0 Å². The van der Waals surface area contributed by atoms with Gasteiger partial charge in [-0.05, 0) is 45.0 Å². The molecule has 110 valence electrons. The minimum Gasteiger partial charge on any atom is -0.507 e. The first kappa shape index (κ1) is 14.8. The molecule has 2 rings (SSSR count). The van der Waals surface area contributed by atoms with E-state index in [0.29, 0.717) is 19.0 Å². The molecule has 0 radical (unpaired) electrons. The normalized spacial score (nSPS) is 16.7. The number of carbonyl (C=O) groups is 1. The van der Waals surface area contributed by atoms with Gasteiger partial charge in [0.15, 0.2) is 0 Å². The number of rotatable bonds is 3. The highest BCUT2D eigenvalue weighted by Crippen LogP contribution is 2.23. The van der Waals surface area contributed by atoms with Crippen molar-refractivity contribution in [1.82, 2.24) is 9.80 Å². The van der Waals surface area contributed by atoms with Crippen LogP contribution in [0.25, 0.3) is 0 Å². The number of amides is 1. The predicted molar refractivity (Wildman–Crippen MR) is 75.2 cm³/mol. The first-order chi connectivity index (χ1) is 9.47. The monoisotopic (exact) mass is 280 g/mol. The third-order valence-corrected chi connectivity index (χ3v) is 3.72. The SMILES string of the molecule is CN(C)CC1CCN(C(=O)c2ccc(F)cc2O)CC1. The van der Waals surface area contributed by atoms with E-state index in [1.165, 1.54) is 12.1 Å². The second kappa shape index (κ2) is 6.22. The van der Waals surface area contributed by atoms with Crippen LogP contribution in [0.15, 0.2) is 18.2 Å². The van der Waals surface area contributed by atoms with Gasteiger partial charge < -0.3 is 14.9 Å². The summed E-state index contributed by atoms with van der Waals surface area (Å²) in [5.41, 5.74) is 0.178. The molecule has 0 unspecified atom stereocenters. The van der Waals surface area contributed by atoms with Crippen LogP contribution >= 0.6 is 0 Å². The average molecular weight is 280 g/mol. The van der Waals surface area contributed by atoms with E-state index in [1.807, 2.05) is 14.1 Å². The Morgan fingerprint density at radius 3 is 2.60 bits per heavy atom. The van der Waals surface area contributed by atoms with E-state index in [4.69, 9.17) is 0 Å². The number of hydrogen-bond acceptors (Lipinski definition) is 3. The molecule has 1 amide bonds. The minimum absolute atomic E-state index is 0.178. The fourth-order valence-electron chi connectivity index (χ4n) is 2.69. The van der Waals surface area contributed by atoms with Gasteiger partial charge in [0.25, 0.3) is 5.91 Å². The molecule has 1 aliphatic rings. The first-order valence-corrected chi connectivity index (χ1v) is 6.90. The van der Waals surface area contributed by atoms with Crippen LogP contribution in [-0.4, -0.2) is 54.5 Å². The Hall–Kier alpha value is -1.62. The maximum atomic E-state index is 12.9. The van der Waals surface area contributed by atoms with Crippen molar-refractivity contribution in [3.63, 3.8) is 0 Å². The van der Waals surface area contributed by atoms with Crippen LogP contribution in [0.5, 0.6) is 5.75 Å². The maximum Gasteiger partial charge on any atom is 0.257 e. The number of phenols is 1. The van der Waals surface area contributed by atoms with E-state index in [0.717, 1.165) is 25.5 Å². The lowest BCUT2D eigenvalue weighted by atomic mass is 9.96. The molecule has 0 atom stereocenters. The van der Waals surface area contributed by atoms with Crippen molar-refractivity contribution in [3.8, 4) is 5.75 Å². The highest BCUT2D eigenvalue weighted by molar-refractivity contribution is 5.96. The van der Waals surface area contributed by atoms with Crippen molar-refractivity contribution in [3.05, 3.63) is 29.6 Å². The Bertz CT molecular complexity index is 483. The molecule has 0 saturated carbocycles.